The van der Waals surface area contributed by atoms with Crippen molar-refractivity contribution in [3.63, 3.8) is 0 Å². The zero-order chi connectivity index (χ0) is 18.4. The molecular weight excluding hydrogens is 336 g/mol. The van der Waals surface area contributed by atoms with E-state index in [0.717, 1.165) is 38.3 Å². The first-order valence-corrected chi connectivity index (χ1v) is 8.74. The highest BCUT2D eigenvalue weighted by Gasteiger charge is 2.19. The predicted octanol–water partition coefficient (Wildman–Crippen LogP) is 5.62. The summed E-state index contributed by atoms with van der Waals surface area (Å²) in [6.07, 6.45) is -0.498. The van der Waals surface area contributed by atoms with Crippen LogP contribution in [0.4, 0.5) is 4.79 Å². The standard InChI is InChI=1S/C23H16N2O2/c1-27-23(26)25-20-12-11-18-13-16-9-5-6-10-17(16)14-19(18)21(20)22(24-25)15-7-3-2-4-8-15/h2-14H,1H3. The van der Waals surface area contributed by atoms with Crippen LogP contribution in [0.15, 0.2) is 78.9 Å². The molecule has 4 nitrogen and oxygen atoms in total. The highest BCUT2D eigenvalue weighted by Crippen LogP contribution is 2.36. The molecule has 0 spiro atoms. The third-order valence-electron chi connectivity index (χ3n) is 4.92. The van der Waals surface area contributed by atoms with E-state index < -0.39 is 6.09 Å². The van der Waals surface area contributed by atoms with Crippen LogP contribution < -0.4 is 0 Å². The van der Waals surface area contributed by atoms with Gasteiger partial charge in [0, 0.05) is 10.9 Å². The predicted molar refractivity (Wildman–Crippen MR) is 108 cm³/mol. The fraction of sp³-hybridized carbons (Fsp3) is 0.0435. The molecule has 0 saturated carbocycles. The van der Waals surface area contributed by atoms with Crippen molar-refractivity contribution >= 4 is 38.5 Å². The second-order valence-electron chi connectivity index (χ2n) is 6.48. The number of hydrogen-bond donors (Lipinski definition) is 0. The van der Waals surface area contributed by atoms with E-state index in [1.54, 1.807) is 0 Å². The Hall–Kier alpha value is -3.66. The number of methoxy groups -OCH3 is 1. The van der Waals surface area contributed by atoms with E-state index in [9.17, 15) is 4.79 Å². The Bertz CT molecular complexity index is 1320. The molecule has 1 aromatic heterocycles. The van der Waals surface area contributed by atoms with Crippen LogP contribution >= 0.6 is 0 Å². The van der Waals surface area contributed by atoms with Gasteiger partial charge in [-0.25, -0.2) is 4.79 Å². The van der Waals surface area contributed by atoms with E-state index in [1.807, 2.05) is 54.6 Å². The SMILES string of the molecule is COC(=O)n1nc(-c2ccccc2)c2c3cc4ccccc4cc3ccc21. The molecule has 0 radical (unpaired) electrons. The van der Waals surface area contributed by atoms with Crippen LogP contribution in [0.3, 0.4) is 0 Å². The molecule has 0 aliphatic rings. The molecule has 0 amide bonds. The molecule has 0 atom stereocenters. The number of rotatable bonds is 1. The summed E-state index contributed by atoms with van der Waals surface area (Å²) in [6, 6.07) is 26.5. The number of carbonyl (C=O) groups is 1. The Balaban J connectivity index is 1.96. The van der Waals surface area contributed by atoms with E-state index in [2.05, 4.69) is 29.4 Å². The summed E-state index contributed by atoms with van der Waals surface area (Å²) in [6.45, 7) is 0. The number of ether oxygens (including phenoxy) is 1. The molecule has 0 aliphatic carbocycles. The van der Waals surface area contributed by atoms with E-state index >= 15 is 0 Å². The number of carbonyl (C=O) groups excluding carboxylic acids is 1. The van der Waals surface area contributed by atoms with Crippen LogP contribution in [0.2, 0.25) is 0 Å². The largest absolute Gasteiger partial charge is 0.451 e. The second kappa shape index (κ2) is 5.95. The van der Waals surface area contributed by atoms with Crippen LogP contribution in [0, 0.1) is 0 Å². The average Bonchev–Trinajstić information content (AvgIpc) is 3.12. The molecule has 0 fully saturated rings. The topological polar surface area (TPSA) is 44.1 Å². The number of fused-ring (bicyclic) bond motifs is 4. The lowest BCUT2D eigenvalue weighted by Crippen LogP contribution is -2.12. The van der Waals surface area contributed by atoms with E-state index in [4.69, 9.17) is 4.74 Å². The van der Waals surface area contributed by atoms with Gasteiger partial charge in [0.05, 0.1) is 12.6 Å². The summed E-state index contributed by atoms with van der Waals surface area (Å²) < 4.78 is 6.28. The molecule has 1 heterocycles. The Morgan fingerprint density at radius 2 is 1.56 bits per heavy atom. The summed E-state index contributed by atoms with van der Waals surface area (Å²) in [5, 5.41) is 10.1. The maximum Gasteiger partial charge on any atom is 0.434 e. The lowest BCUT2D eigenvalue weighted by atomic mass is 9.98. The Morgan fingerprint density at radius 1 is 0.852 bits per heavy atom. The first-order valence-electron chi connectivity index (χ1n) is 8.74. The fourth-order valence-electron chi connectivity index (χ4n) is 3.66. The molecule has 27 heavy (non-hydrogen) atoms. The van der Waals surface area contributed by atoms with Crippen molar-refractivity contribution in [2.75, 3.05) is 7.11 Å². The monoisotopic (exact) mass is 352 g/mol. The van der Waals surface area contributed by atoms with Gasteiger partial charge in [0.25, 0.3) is 0 Å². The van der Waals surface area contributed by atoms with Gasteiger partial charge in [-0.3, -0.25) is 0 Å². The molecule has 0 saturated heterocycles. The average molecular weight is 352 g/mol. The van der Waals surface area contributed by atoms with Crippen molar-refractivity contribution in [1.29, 1.82) is 0 Å². The van der Waals surface area contributed by atoms with Crippen LogP contribution in [0.1, 0.15) is 0 Å². The number of nitrogens with zero attached hydrogens (tertiary/aromatic N) is 2. The van der Waals surface area contributed by atoms with Crippen LogP contribution in [0.25, 0.3) is 43.7 Å². The first-order chi connectivity index (χ1) is 13.3. The Labute approximate surface area is 155 Å². The van der Waals surface area contributed by atoms with Gasteiger partial charge in [0.1, 0.15) is 5.69 Å². The van der Waals surface area contributed by atoms with E-state index in [1.165, 1.54) is 17.2 Å². The first kappa shape index (κ1) is 15.6. The summed E-state index contributed by atoms with van der Waals surface area (Å²) >= 11 is 0. The molecule has 0 bridgehead atoms. The van der Waals surface area contributed by atoms with E-state index in [0.29, 0.717) is 0 Å². The van der Waals surface area contributed by atoms with Gasteiger partial charge in [0.15, 0.2) is 0 Å². The number of hydrogen-bond acceptors (Lipinski definition) is 3. The molecule has 0 aliphatic heterocycles. The number of benzene rings is 4. The summed E-state index contributed by atoms with van der Waals surface area (Å²) in [7, 11) is 1.37. The van der Waals surface area contributed by atoms with Gasteiger partial charge >= 0.3 is 6.09 Å². The zero-order valence-corrected chi connectivity index (χ0v) is 14.7. The zero-order valence-electron chi connectivity index (χ0n) is 14.7. The fourth-order valence-corrected chi connectivity index (χ4v) is 3.66. The molecular formula is C23H16N2O2. The summed E-state index contributed by atoms with van der Waals surface area (Å²) in [5.74, 6) is 0. The summed E-state index contributed by atoms with van der Waals surface area (Å²) in [4.78, 5) is 12.3. The Kier molecular flexibility index (Phi) is 3.44. The minimum absolute atomic E-state index is 0.498. The van der Waals surface area contributed by atoms with Crippen molar-refractivity contribution < 1.29 is 9.53 Å². The van der Waals surface area contributed by atoms with Crippen molar-refractivity contribution in [3.05, 3.63) is 78.9 Å². The lowest BCUT2D eigenvalue weighted by Gasteiger charge is -2.06. The normalized spacial score (nSPS) is 11.3. The molecule has 5 aromatic rings. The molecule has 4 aromatic carbocycles. The minimum Gasteiger partial charge on any atom is -0.451 e. The maximum absolute atomic E-state index is 12.3. The quantitative estimate of drug-likeness (QED) is 0.368. The maximum atomic E-state index is 12.3. The van der Waals surface area contributed by atoms with Crippen molar-refractivity contribution in [3.8, 4) is 11.3 Å². The van der Waals surface area contributed by atoms with Crippen LogP contribution in [-0.4, -0.2) is 23.0 Å². The Morgan fingerprint density at radius 3 is 2.30 bits per heavy atom. The third kappa shape index (κ3) is 2.38. The number of aromatic nitrogens is 2. The van der Waals surface area contributed by atoms with Crippen LogP contribution in [0.5, 0.6) is 0 Å². The van der Waals surface area contributed by atoms with Crippen molar-refractivity contribution in [2.24, 2.45) is 0 Å². The molecule has 0 unspecified atom stereocenters. The van der Waals surface area contributed by atoms with E-state index in [-0.39, 0.29) is 0 Å². The third-order valence-corrected chi connectivity index (χ3v) is 4.92. The highest BCUT2D eigenvalue weighted by atomic mass is 16.5. The van der Waals surface area contributed by atoms with Gasteiger partial charge in [-0.15, -0.1) is 0 Å². The minimum atomic E-state index is -0.498. The molecule has 5 rings (SSSR count). The van der Waals surface area contributed by atoms with Gasteiger partial charge in [-0.2, -0.15) is 9.78 Å². The van der Waals surface area contributed by atoms with Gasteiger partial charge < -0.3 is 4.74 Å². The van der Waals surface area contributed by atoms with Crippen molar-refractivity contribution in [2.45, 2.75) is 0 Å². The summed E-state index contributed by atoms with van der Waals surface area (Å²) in [5.41, 5.74) is 2.48. The molecule has 4 heteroatoms. The van der Waals surface area contributed by atoms with Gasteiger partial charge in [-0.1, -0.05) is 60.7 Å². The van der Waals surface area contributed by atoms with Crippen LogP contribution in [-0.2, 0) is 4.74 Å². The van der Waals surface area contributed by atoms with Crippen molar-refractivity contribution in [1.82, 2.24) is 9.78 Å². The highest BCUT2D eigenvalue weighted by molar-refractivity contribution is 6.17. The van der Waals surface area contributed by atoms with Gasteiger partial charge in [0.2, 0.25) is 0 Å². The second-order valence-corrected chi connectivity index (χ2v) is 6.48. The van der Waals surface area contributed by atoms with Gasteiger partial charge in [-0.05, 0) is 39.7 Å². The molecule has 0 N–H and O–H groups in total. The smallest absolute Gasteiger partial charge is 0.434 e. The molecule has 130 valence electrons. The lowest BCUT2D eigenvalue weighted by molar-refractivity contribution is 0.170.